The molecule has 0 saturated heterocycles. The molecule has 0 unspecified atom stereocenters. The van der Waals surface area contributed by atoms with E-state index in [2.05, 4.69) is 20.5 Å². The van der Waals surface area contributed by atoms with Gasteiger partial charge in [-0.3, -0.25) is 15.2 Å². The molecule has 0 fully saturated rings. The predicted molar refractivity (Wildman–Crippen MR) is 87.6 cm³/mol. The first-order chi connectivity index (χ1) is 11.8. The second-order valence-corrected chi connectivity index (χ2v) is 6.51. The second kappa shape index (κ2) is 6.67. The Balaban J connectivity index is 1.64. The van der Waals surface area contributed by atoms with Crippen LogP contribution in [0.5, 0.6) is 0 Å². The van der Waals surface area contributed by atoms with Crippen molar-refractivity contribution < 1.29 is 18.0 Å². The molecule has 2 heterocycles. The number of benzene rings is 1. The van der Waals surface area contributed by atoms with Crippen LogP contribution in [0.2, 0.25) is 0 Å². The topological polar surface area (TPSA) is 70.7 Å². The number of carbonyl (C=O) groups is 1. The van der Waals surface area contributed by atoms with Crippen molar-refractivity contribution in [2.75, 3.05) is 5.32 Å². The molecule has 0 aliphatic rings. The lowest BCUT2D eigenvalue weighted by molar-refractivity contribution is -0.137. The number of anilines is 1. The molecule has 3 rings (SSSR count). The molecule has 0 atom stereocenters. The van der Waals surface area contributed by atoms with E-state index in [4.69, 9.17) is 0 Å². The maximum absolute atomic E-state index is 12.6. The molecular formula is C16H13F3N4OS. The molecule has 9 heteroatoms. The molecule has 1 amide bonds. The van der Waals surface area contributed by atoms with Gasteiger partial charge >= 0.3 is 6.18 Å². The standard InChI is InChI=1S/C16H13F3N4OS/c1-9-6-13(23-22-9)14(24)21-15-20-8-12(25-15)7-10-2-4-11(5-3-10)16(17,18)19/h2-6,8H,7H2,1H3,(H,22,23)(H,20,21,24). The van der Waals surface area contributed by atoms with Crippen molar-refractivity contribution >= 4 is 22.4 Å². The fourth-order valence-electron chi connectivity index (χ4n) is 2.16. The monoisotopic (exact) mass is 366 g/mol. The average molecular weight is 366 g/mol. The van der Waals surface area contributed by atoms with Crippen LogP contribution < -0.4 is 5.32 Å². The molecule has 0 aliphatic heterocycles. The third-order valence-electron chi connectivity index (χ3n) is 3.37. The van der Waals surface area contributed by atoms with Gasteiger partial charge < -0.3 is 0 Å². The summed E-state index contributed by atoms with van der Waals surface area (Å²) in [6.07, 6.45) is -2.31. The van der Waals surface area contributed by atoms with E-state index in [1.807, 2.05) is 0 Å². The van der Waals surface area contributed by atoms with Crippen molar-refractivity contribution in [1.29, 1.82) is 0 Å². The van der Waals surface area contributed by atoms with Gasteiger partial charge in [-0.05, 0) is 30.7 Å². The van der Waals surface area contributed by atoms with Crippen molar-refractivity contribution in [2.45, 2.75) is 19.5 Å². The third kappa shape index (κ3) is 4.24. The molecule has 25 heavy (non-hydrogen) atoms. The lowest BCUT2D eigenvalue weighted by atomic mass is 10.1. The Morgan fingerprint density at radius 1 is 1.28 bits per heavy atom. The molecule has 130 valence electrons. The second-order valence-electron chi connectivity index (χ2n) is 5.39. The fraction of sp³-hybridized carbons (Fsp3) is 0.188. The van der Waals surface area contributed by atoms with E-state index in [9.17, 15) is 18.0 Å². The number of aromatic nitrogens is 3. The number of halogens is 3. The Morgan fingerprint density at radius 3 is 2.60 bits per heavy atom. The van der Waals surface area contributed by atoms with Crippen molar-refractivity contribution in [1.82, 2.24) is 15.2 Å². The van der Waals surface area contributed by atoms with Gasteiger partial charge in [-0.1, -0.05) is 12.1 Å². The summed E-state index contributed by atoms with van der Waals surface area (Å²) in [4.78, 5) is 16.9. The van der Waals surface area contributed by atoms with E-state index < -0.39 is 11.7 Å². The van der Waals surface area contributed by atoms with Gasteiger partial charge in [-0.15, -0.1) is 11.3 Å². The van der Waals surface area contributed by atoms with Crippen LogP contribution in [-0.2, 0) is 12.6 Å². The molecule has 5 nitrogen and oxygen atoms in total. The number of alkyl halides is 3. The van der Waals surface area contributed by atoms with Gasteiger partial charge in [0.15, 0.2) is 10.8 Å². The lowest BCUT2D eigenvalue weighted by Gasteiger charge is -2.06. The van der Waals surface area contributed by atoms with Crippen LogP contribution in [0.3, 0.4) is 0 Å². The Labute approximate surface area is 144 Å². The first kappa shape index (κ1) is 17.2. The highest BCUT2D eigenvalue weighted by Crippen LogP contribution is 2.30. The summed E-state index contributed by atoms with van der Waals surface area (Å²) in [6.45, 7) is 1.79. The smallest absolute Gasteiger partial charge is 0.296 e. The number of aromatic amines is 1. The zero-order valence-electron chi connectivity index (χ0n) is 13.0. The summed E-state index contributed by atoms with van der Waals surface area (Å²) < 4.78 is 37.7. The Morgan fingerprint density at radius 2 is 2.00 bits per heavy atom. The van der Waals surface area contributed by atoms with E-state index in [1.54, 1.807) is 19.2 Å². The number of H-pyrrole nitrogens is 1. The van der Waals surface area contributed by atoms with E-state index in [1.165, 1.54) is 23.5 Å². The normalized spacial score (nSPS) is 11.5. The van der Waals surface area contributed by atoms with Crippen LogP contribution in [0.15, 0.2) is 36.5 Å². The first-order valence-corrected chi connectivity index (χ1v) is 8.07. The Hall–Kier alpha value is -2.68. The Kier molecular flexibility index (Phi) is 4.58. The van der Waals surface area contributed by atoms with E-state index in [0.29, 0.717) is 11.6 Å². The molecule has 0 radical (unpaired) electrons. The molecule has 2 N–H and O–H groups in total. The quantitative estimate of drug-likeness (QED) is 0.732. The number of hydrogen-bond acceptors (Lipinski definition) is 4. The predicted octanol–water partition coefficient (Wildman–Crippen LogP) is 4.04. The van der Waals surface area contributed by atoms with Gasteiger partial charge in [-0.25, -0.2) is 4.98 Å². The van der Waals surface area contributed by atoms with Crippen LogP contribution in [0.4, 0.5) is 18.3 Å². The summed E-state index contributed by atoms with van der Waals surface area (Å²) in [5.41, 5.74) is 1.09. The number of amides is 1. The van der Waals surface area contributed by atoms with Crippen molar-refractivity contribution in [3.8, 4) is 0 Å². The maximum atomic E-state index is 12.6. The summed E-state index contributed by atoms with van der Waals surface area (Å²) in [5, 5.41) is 9.60. The van der Waals surface area contributed by atoms with Crippen molar-refractivity contribution in [3.05, 3.63) is 63.9 Å². The van der Waals surface area contributed by atoms with Gasteiger partial charge in [0.25, 0.3) is 5.91 Å². The van der Waals surface area contributed by atoms with Crippen molar-refractivity contribution in [3.63, 3.8) is 0 Å². The Bertz CT molecular complexity index is 883. The highest BCUT2D eigenvalue weighted by molar-refractivity contribution is 7.15. The number of thiazole rings is 1. The highest BCUT2D eigenvalue weighted by Gasteiger charge is 2.29. The minimum absolute atomic E-state index is 0.261. The van der Waals surface area contributed by atoms with E-state index in [0.717, 1.165) is 28.3 Å². The number of nitrogens with one attached hydrogen (secondary N) is 2. The number of rotatable bonds is 4. The third-order valence-corrected chi connectivity index (χ3v) is 4.28. The summed E-state index contributed by atoms with van der Waals surface area (Å²) in [6, 6.07) is 6.60. The van der Waals surface area contributed by atoms with E-state index >= 15 is 0 Å². The minimum atomic E-state index is -4.34. The number of carbonyl (C=O) groups excluding carboxylic acids is 1. The highest BCUT2D eigenvalue weighted by atomic mass is 32.1. The molecule has 2 aromatic heterocycles. The fourth-order valence-corrected chi connectivity index (χ4v) is 3.00. The van der Waals surface area contributed by atoms with E-state index in [-0.39, 0.29) is 11.6 Å². The van der Waals surface area contributed by atoms with Crippen LogP contribution >= 0.6 is 11.3 Å². The molecular weight excluding hydrogens is 353 g/mol. The van der Waals surface area contributed by atoms with Crippen LogP contribution in [-0.4, -0.2) is 21.1 Å². The molecule has 0 saturated carbocycles. The summed E-state index contributed by atoms with van der Waals surface area (Å²) in [7, 11) is 0. The van der Waals surface area contributed by atoms with Gasteiger partial charge in [0, 0.05) is 23.2 Å². The van der Waals surface area contributed by atoms with Gasteiger partial charge in [0.1, 0.15) is 0 Å². The lowest BCUT2D eigenvalue weighted by Crippen LogP contribution is -2.11. The largest absolute Gasteiger partial charge is 0.416 e. The molecule has 0 spiro atoms. The van der Waals surface area contributed by atoms with Crippen molar-refractivity contribution in [2.24, 2.45) is 0 Å². The zero-order valence-corrected chi connectivity index (χ0v) is 13.8. The summed E-state index contributed by atoms with van der Waals surface area (Å²) >= 11 is 1.26. The van der Waals surface area contributed by atoms with Crippen LogP contribution in [0.25, 0.3) is 0 Å². The summed E-state index contributed by atoms with van der Waals surface area (Å²) in [5.74, 6) is -0.375. The number of hydrogen-bond donors (Lipinski definition) is 2. The minimum Gasteiger partial charge on any atom is -0.296 e. The van der Waals surface area contributed by atoms with Gasteiger partial charge in [0.05, 0.1) is 5.56 Å². The zero-order chi connectivity index (χ0) is 18.0. The van der Waals surface area contributed by atoms with Crippen LogP contribution in [0.1, 0.15) is 32.2 Å². The first-order valence-electron chi connectivity index (χ1n) is 7.25. The van der Waals surface area contributed by atoms with Gasteiger partial charge in [0.2, 0.25) is 0 Å². The average Bonchev–Trinajstić information content (AvgIpc) is 3.16. The number of aryl methyl sites for hydroxylation is 1. The molecule has 0 aliphatic carbocycles. The molecule has 1 aromatic carbocycles. The SMILES string of the molecule is Cc1cc(C(=O)Nc2ncc(Cc3ccc(C(F)(F)F)cc3)s2)n[nH]1. The molecule has 3 aromatic rings. The van der Waals surface area contributed by atoms with Crippen LogP contribution in [0, 0.1) is 6.92 Å². The van der Waals surface area contributed by atoms with Gasteiger partial charge in [-0.2, -0.15) is 18.3 Å². The molecule has 0 bridgehead atoms. The maximum Gasteiger partial charge on any atom is 0.416 e. The number of nitrogens with zero attached hydrogens (tertiary/aromatic N) is 2.